The van der Waals surface area contributed by atoms with Crippen LogP contribution in [-0.4, -0.2) is 11.1 Å². The van der Waals surface area contributed by atoms with E-state index in [1.54, 1.807) is 12.2 Å². The molecule has 2 aliphatic carbocycles. The molecule has 0 aromatic rings. The normalized spacial score (nSPS) is 18.0. The number of carbonyl (C=O) groups is 1. The molecule has 4 heteroatoms. The molecule has 0 aliphatic heterocycles. The van der Waals surface area contributed by atoms with Crippen LogP contribution in [0.15, 0.2) is 60.0 Å². The van der Waals surface area contributed by atoms with Gasteiger partial charge in [0.15, 0.2) is 0 Å². The van der Waals surface area contributed by atoms with Crippen molar-refractivity contribution in [2.75, 3.05) is 0 Å². The molecule has 0 amide bonds. The highest BCUT2D eigenvalue weighted by Gasteiger charge is 2.13. The van der Waals surface area contributed by atoms with Gasteiger partial charge in [0.25, 0.3) is 0 Å². The molecule has 0 saturated heterocycles. The molecule has 4 nitrogen and oxygen atoms in total. The summed E-state index contributed by atoms with van der Waals surface area (Å²) >= 11 is 0. The Morgan fingerprint density at radius 2 is 1.82 bits per heavy atom. The maximum atomic E-state index is 10.9. The standard InChI is InChI=1S/C13H12O4/c14-13(15)12(17-11-7-3-4-8-11)9-16-10-5-1-2-6-10/h1-5,7,9H,6,8H2,(H,14,15). The molecule has 17 heavy (non-hydrogen) atoms. The lowest BCUT2D eigenvalue weighted by Crippen LogP contribution is -2.05. The lowest BCUT2D eigenvalue weighted by molar-refractivity contribution is -0.136. The Kier molecular flexibility index (Phi) is 3.45. The zero-order valence-electron chi connectivity index (χ0n) is 9.13. The third kappa shape index (κ3) is 3.11. The number of aliphatic carboxylic acids is 1. The third-order valence-electron chi connectivity index (χ3n) is 2.24. The van der Waals surface area contributed by atoms with Gasteiger partial charge in [0.05, 0.1) is 0 Å². The largest absolute Gasteiger partial charge is 0.475 e. The average Bonchev–Trinajstić information content (AvgIpc) is 2.97. The number of hydrogen-bond donors (Lipinski definition) is 1. The van der Waals surface area contributed by atoms with Crippen molar-refractivity contribution in [1.82, 2.24) is 0 Å². The highest BCUT2D eigenvalue weighted by atomic mass is 16.5. The Hall–Kier alpha value is -2.23. The Morgan fingerprint density at radius 1 is 1.18 bits per heavy atom. The van der Waals surface area contributed by atoms with Crippen LogP contribution >= 0.6 is 0 Å². The molecule has 1 N–H and O–H groups in total. The molecule has 0 aromatic carbocycles. The summed E-state index contributed by atoms with van der Waals surface area (Å²) in [6, 6.07) is 0. The van der Waals surface area contributed by atoms with Crippen LogP contribution in [-0.2, 0) is 14.3 Å². The van der Waals surface area contributed by atoms with Crippen LogP contribution in [0.4, 0.5) is 0 Å². The number of allylic oxidation sites excluding steroid dienone is 6. The lowest BCUT2D eigenvalue weighted by Gasteiger charge is -2.07. The SMILES string of the molecule is O=C(O)C(=COC1=CC=CC1)OC1=CC=CC1. The molecular formula is C13H12O4. The van der Waals surface area contributed by atoms with Crippen molar-refractivity contribution in [3.63, 3.8) is 0 Å². The van der Waals surface area contributed by atoms with Crippen LogP contribution in [0.25, 0.3) is 0 Å². The van der Waals surface area contributed by atoms with E-state index in [1.807, 2.05) is 24.3 Å². The Bertz CT molecular complexity index is 464. The number of carboxylic acid groups (broad SMARTS) is 1. The molecule has 0 bridgehead atoms. The number of ether oxygens (including phenoxy) is 2. The molecule has 0 heterocycles. The van der Waals surface area contributed by atoms with Crippen LogP contribution in [0.1, 0.15) is 12.8 Å². The van der Waals surface area contributed by atoms with Gasteiger partial charge in [-0.2, -0.15) is 0 Å². The van der Waals surface area contributed by atoms with E-state index in [4.69, 9.17) is 14.6 Å². The van der Waals surface area contributed by atoms with E-state index < -0.39 is 5.97 Å². The Labute approximate surface area is 98.8 Å². The predicted molar refractivity (Wildman–Crippen MR) is 61.6 cm³/mol. The summed E-state index contributed by atoms with van der Waals surface area (Å²) in [7, 11) is 0. The van der Waals surface area contributed by atoms with Crippen molar-refractivity contribution >= 4 is 5.97 Å². The van der Waals surface area contributed by atoms with Crippen LogP contribution < -0.4 is 0 Å². The summed E-state index contributed by atoms with van der Waals surface area (Å²) in [4.78, 5) is 10.9. The highest BCUT2D eigenvalue weighted by Crippen LogP contribution is 2.18. The van der Waals surface area contributed by atoms with E-state index in [2.05, 4.69) is 0 Å². The van der Waals surface area contributed by atoms with Gasteiger partial charge in [0.2, 0.25) is 5.76 Å². The molecule has 0 aromatic heterocycles. The summed E-state index contributed by atoms with van der Waals surface area (Å²) in [6.45, 7) is 0. The maximum absolute atomic E-state index is 10.9. The van der Waals surface area contributed by atoms with Gasteiger partial charge in [-0.15, -0.1) is 0 Å². The zero-order valence-corrected chi connectivity index (χ0v) is 9.13. The second kappa shape index (κ2) is 5.21. The monoisotopic (exact) mass is 232 g/mol. The molecule has 0 atom stereocenters. The highest BCUT2D eigenvalue weighted by molar-refractivity contribution is 5.84. The van der Waals surface area contributed by atoms with Crippen molar-refractivity contribution in [2.45, 2.75) is 12.8 Å². The summed E-state index contributed by atoms with van der Waals surface area (Å²) in [5.41, 5.74) is 0. The zero-order chi connectivity index (χ0) is 12.1. The minimum absolute atomic E-state index is 0.215. The summed E-state index contributed by atoms with van der Waals surface area (Å²) in [5.74, 6) is -0.0660. The van der Waals surface area contributed by atoms with Crippen LogP contribution in [0.2, 0.25) is 0 Å². The second-order valence-electron chi connectivity index (χ2n) is 3.54. The summed E-state index contributed by atoms with van der Waals surface area (Å²) in [5, 5.41) is 8.95. The molecule has 0 fully saturated rings. The smallest absolute Gasteiger partial charge is 0.375 e. The molecule has 0 saturated carbocycles. The third-order valence-corrected chi connectivity index (χ3v) is 2.24. The van der Waals surface area contributed by atoms with E-state index in [0.29, 0.717) is 24.4 Å². The van der Waals surface area contributed by atoms with Gasteiger partial charge >= 0.3 is 5.97 Å². The first kappa shape index (κ1) is 11.3. The van der Waals surface area contributed by atoms with Gasteiger partial charge in [-0.25, -0.2) is 4.79 Å². The quantitative estimate of drug-likeness (QED) is 0.584. The molecule has 0 unspecified atom stereocenters. The molecule has 2 aliphatic rings. The van der Waals surface area contributed by atoms with Gasteiger partial charge in [0.1, 0.15) is 17.8 Å². The van der Waals surface area contributed by atoms with Crippen LogP contribution in [0.5, 0.6) is 0 Å². The first-order valence-corrected chi connectivity index (χ1v) is 5.25. The molecule has 0 radical (unpaired) electrons. The lowest BCUT2D eigenvalue weighted by atomic mass is 10.4. The fourth-order valence-electron chi connectivity index (χ4n) is 1.41. The predicted octanol–water partition coefficient (Wildman–Crippen LogP) is 2.63. The van der Waals surface area contributed by atoms with Crippen molar-refractivity contribution in [1.29, 1.82) is 0 Å². The van der Waals surface area contributed by atoms with E-state index in [-0.39, 0.29) is 5.76 Å². The van der Waals surface area contributed by atoms with Crippen LogP contribution in [0, 0.1) is 0 Å². The van der Waals surface area contributed by atoms with Crippen molar-refractivity contribution in [2.24, 2.45) is 0 Å². The molecule has 0 spiro atoms. The van der Waals surface area contributed by atoms with Gasteiger partial charge in [-0.3, -0.25) is 0 Å². The Morgan fingerprint density at radius 3 is 2.35 bits per heavy atom. The summed E-state index contributed by atoms with van der Waals surface area (Å²) in [6.07, 6.45) is 13.4. The van der Waals surface area contributed by atoms with E-state index >= 15 is 0 Å². The van der Waals surface area contributed by atoms with E-state index in [1.165, 1.54) is 0 Å². The van der Waals surface area contributed by atoms with E-state index in [0.717, 1.165) is 6.26 Å². The van der Waals surface area contributed by atoms with Gasteiger partial charge in [0, 0.05) is 12.8 Å². The molecular weight excluding hydrogens is 220 g/mol. The number of hydrogen-bond acceptors (Lipinski definition) is 3. The fraction of sp³-hybridized carbons (Fsp3) is 0.154. The first-order chi connectivity index (χ1) is 8.25. The first-order valence-electron chi connectivity index (χ1n) is 5.25. The molecule has 2 rings (SSSR count). The van der Waals surface area contributed by atoms with Crippen molar-refractivity contribution < 1.29 is 19.4 Å². The minimum atomic E-state index is -1.15. The van der Waals surface area contributed by atoms with E-state index in [9.17, 15) is 4.79 Å². The van der Waals surface area contributed by atoms with Crippen molar-refractivity contribution in [3.05, 3.63) is 60.0 Å². The van der Waals surface area contributed by atoms with Gasteiger partial charge in [-0.1, -0.05) is 24.3 Å². The number of rotatable bonds is 5. The van der Waals surface area contributed by atoms with Gasteiger partial charge < -0.3 is 14.6 Å². The second-order valence-corrected chi connectivity index (χ2v) is 3.54. The summed E-state index contributed by atoms with van der Waals surface area (Å²) < 4.78 is 10.4. The van der Waals surface area contributed by atoms with Crippen LogP contribution in [0.3, 0.4) is 0 Å². The topological polar surface area (TPSA) is 55.8 Å². The minimum Gasteiger partial charge on any atom is -0.475 e. The average molecular weight is 232 g/mol. The Balaban J connectivity index is 1.96. The maximum Gasteiger partial charge on any atom is 0.375 e. The fourth-order valence-corrected chi connectivity index (χ4v) is 1.41. The number of carboxylic acids is 1. The van der Waals surface area contributed by atoms with Gasteiger partial charge in [-0.05, 0) is 12.2 Å². The molecule has 88 valence electrons. The van der Waals surface area contributed by atoms with Crippen molar-refractivity contribution in [3.8, 4) is 0 Å².